The van der Waals surface area contributed by atoms with Gasteiger partial charge in [0.2, 0.25) is 5.91 Å². The fourth-order valence-electron chi connectivity index (χ4n) is 3.33. The van der Waals surface area contributed by atoms with Crippen LogP contribution in [0.15, 0.2) is 24.3 Å². The summed E-state index contributed by atoms with van der Waals surface area (Å²) < 4.78 is 12.1. The van der Waals surface area contributed by atoms with E-state index in [2.05, 4.69) is 5.10 Å². The molecule has 2 aromatic rings. The second kappa shape index (κ2) is 8.24. The summed E-state index contributed by atoms with van der Waals surface area (Å²) in [7, 11) is 1.73. The molecule has 0 aliphatic carbocycles. The molecule has 1 aliphatic rings. The van der Waals surface area contributed by atoms with E-state index in [1.807, 2.05) is 31.2 Å². The lowest BCUT2D eigenvalue weighted by molar-refractivity contribution is -0.131. The Morgan fingerprint density at radius 1 is 1.15 bits per heavy atom. The number of hydrogen-bond donors (Lipinski definition) is 0. The Morgan fingerprint density at radius 2 is 1.89 bits per heavy atom. The van der Waals surface area contributed by atoms with Gasteiger partial charge >= 0.3 is 5.97 Å². The smallest absolute Gasteiger partial charge is 0.356 e. The Balaban J connectivity index is 1.71. The highest BCUT2D eigenvalue weighted by Gasteiger charge is 2.29. The summed E-state index contributed by atoms with van der Waals surface area (Å²) in [4.78, 5) is 26.8. The third-order valence-electron chi connectivity index (χ3n) is 4.61. The molecule has 3 rings (SSSR count). The van der Waals surface area contributed by atoms with Gasteiger partial charge < -0.3 is 14.4 Å². The highest BCUT2D eigenvalue weighted by Crippen LogP contribution is 2.23. The average molecular weight is 371 g/mol. The number of rotatable bonds is 6. The van der Waals surface area contributed by atoms with Gasteiger partial charge in [0.15, 0.2) is 5.69 Å². The van der Waals surface area contributed by atoms with Gasteiger partial charge in [-0.2, -0.15) is 5.10 Å². The standard InChI is InChI=1S/C20H25N3O4/c1-4-26-15-8-6-14(7-9-15)12-18(24)23-11-10-17-16(13-23)19(22(3)21-17)20(25)27-5-2/h6-9H,4-5,10-13H2,1-3H3. The molecule has 0 fully saturated rings. The van der Waals surface area contributed by atoms with Crippen LogP contribution in [0.25, 0.3) is 0 Å². The first-order valence-electron chi connectivity index (χ1n) is 9.24. The van der Waals surface area contributed by atoms with E-state index in [-0.39, 0.29) is 5.91 Å². The number of nitrogens with zero attached hydrogens (tertiary/aromatic N) is 3. The second-order valence-corrected chi connectivity index (χ2v) is 6.44. The maximum Gasteiger partial charge on any atom is 0.356 e. The van der Waals surface area contributed by atoms with Crippen molar-refractivity contribution in [2.45, 2.75) is 33.2 Å². The lowest BCUT2D eigenvalue weighted by atomic mass is 10.0. The molecule has 7 heteroatoms. The van der Waals surface area contributed by atoms with Crippen LogP contribution < -0.4 is 4.74 Å². The van der Waals surface area contributed by atoms with Crippen molar-refractivity contribution in [1.82, 2.24) is 14.7 Å². The van der Waals surface area contributed by atoms with Gasteiger partial charge in [-0.05, 0) is 31.5 Å². The second-order valence-electron chi connectivity index (χ2n) is 6.44. The number of fused-ring (bicyclic) bond motifs is 1. The van der Waals surface area contributed by atoms with Crippen molar-refractivity contribution >= 4 is 11.9 Å². The summed E-state index contributed by atoms with van der Waals surface area (Å²) >= 11 is 0. The Labute approximate surface area is 158 Å². The zero-order valence-corrected chi connectivity index (χ0v) is 16.0. The lowest BCUT2D eigenvalue weighted by Crippen LogP contribution is -2.37. The molecule has 2 heterocycles. The highest BCUT2D eigenvalue weighted by molar-refractivity contribution is 5.90. The quantitative estimate of drug-likeness (QED) is 0.727. The summed E-state index contributed by atoms with van der Waals surface area (Å²) in [6.07, 6.45) is 0.953. The van der Waals surface area contributed by atoms with Gasteiger partial charge in [-0.15, -0.1) is 0 Å². The Bertz CT molecular complexity index is 826. The molecule has 0 bridgehead atoms. The molecule has 0 atom stereocenters. The fraction of sp³-hybridized carbons (Fsp3) is 0.450. The van der Waals surface area contributed by atoms with Crippen LogP contribution in [0.1, 0.15) is 41.2 Å². The average Bonchev–Trinajstić information content (AvgIpc) is 2.98. The van der Waals surface area contributed by atoms with Crippen LogP contribution >= 0.6 is 0 Å². The maximum absolute atomic E-state index is 12.8. The van der Waals surface area contributed by atoms with E-state index >= 15 is 0 Å². The van der Waals surface area contributed by atoms with Crippen molar-refractivity contribution in [3.05, 3.63) is 46.8 Å². The largest absolute Gasteiger partial charge is 0.494 e. The number of aromatic nitrogens is 2. The Kier molecular flexibility index (Phi) is 5.78. The molecule has 27 heavy (non-hydrogen) atoms. The topological polar surface area (TPSA) is 73.7 Å². The first-order chi connectivity index (χ1) is 13.0. The van der Waals surface area contributed by atoms with Crippen molar-refractivity contribution in [3.63, 3.8) is 0 Å². The van der Waals surface area contributed by atoms with E-state index in [1.165, 1.54) is 0 Å². The van der Waals surface area contributed by atoms with Crippen molar-refractivity contribution in [2.24, 2.45) is 7.05 Å². The summed E-state index contributed by atoms with van der Waals surface area (Å²) in [5.41, 5.74) is 3.03. The number of benzene rings is 1. The fourth-order valence-corrected chi connectivity index (χ4v) is 3.33. The Morgan fingerprint density at radius 3 is 2.56 bits per heavy atom. The molecule has 7 nitrogen and oxygen atoms in total. The molecule has 0 saturated heterocycles. The molecule has 1 aliphatic heterocycles. The highest BCUT2D eigenvalue weighted by atomic mass is 16.5. The molecule has 144 valence electrons. The van der Waals surface area contributed by atoms with E-state index in [1.54, 1.807) is 23.6 Å². The van der Waals surface area contributed by atoms with E-state index in [9.17, 15) is 9.59 Å². The monoisotopic (exact) mass is 371 g/mol. The third-order valence-corrected chi connectivity index (χ3v) is 4.61. The van der Waals surface area contributed by atoms with Crippen molar-refractivity contribution in [1.29, 1.82) is 0 Å². The molecule has 0 radical (unpaired) electrons. The van der Waals surface area contributed by atoms with Gasteiger partial charge in [-0.3, -0.25) is 9.48 Å². The minimum Gasteiger partial charge on any atom is -0.494 e. The number of aryl methyl sites for hydroxylation is 1. The first-order valence-corrected chi connectivity index (χ1v) is 9.24. The minimum atomic E-state index is -0.394. The van der Waals surface area contributed by atoms with Gasteiger partial charge in [-0.1, -0.05) is 12.1 Å². The molecule has 1 aromatic heterocycles. The van der Waals surface area contributed by atoms with Crippen molar-refractivity contribution in [2.75, 3.05) is 19.8 Å². The SMILES string of the molecule is CCOC(=O)c1c2c(nn1C)CCN(C(=O)Cc1ccc(OCC)cc1)C2. The van der Waals surface area contributed by atoms with Crippen LogP contribution in [0.2, 0.25) is 0 Å². The van der Waals surface area contributed by atoms with Crippen LogP contribution in [-0.2, 0) is 36.0 Å². The first kappa shape index (κ1) is 18.9. The number of esters is 1. The van der Waals surface area contributed by atoms with Gasteiger partial charge in [0.1, 0.15) is 5.75 Å². The molecule has 1 aromatic carbocycles. The molecule has 0 saturated carbocycles. The summed E-state index contributed by atoms with van der Waals surface area (Å²) in [5.74, 6) is 0.434. The van der Waals surface area contributed by atoms with E-state index < -0.39 is 5.97 Å². The number of carbonyl (C=O) groups is 2. The summed E-state index contributed by atoms with van der Waals surface area (Å²) in [5, 5.41) is 4.42. The van der Waals surface area contributed by atoms with Crippen LogP contribution in [0.5, 0.6) is 5.75 Å². The van der Waals surface area contributed by atoms with Crippen molar-refractivity contribution < 1.29 is 19.1 Å². The summed E-state index contributed by atoms with van der Waals surface area (Å²) in [6.45, 7) is 5.61. The van der Waals surface area contributed by atoms with Crippen molar-refractivity contribution in [3.8, 4) is 5.75 Å². The van der Waals surface area contributed by atoms with E-state index in [0.29, 0.717) is 44.8 Å². The van der Waals surface area contributed by atoms with Crippen LogP contribution in [-0.4, -0.2) is 46.3 Å². The predicted octanol–water partition coefficient (Wildman–Crippen LogP) is 2.12. The normalized spacial score (nSPS) is 13.2. The van der Waals surface area contributed by atoms with Crippen LogP contribution in [0.4, 0.5) is 0 Å². The van der Waals surface area contributed by atoms with Gasteiger partial charge in [0.05, 0.1) is 25.3 Å². The van der Waals surface area contributed by atoms with Gasteiger partial charge in [0, 0.05) is 32.1 Å². The molecule has 0 N–H and O–H groups in total. The third kappa shape index (κ3) is 4.13. The predicted molar refractivity (Wildman–Crippen MR) is 99.6 cm³/mol. The lowest BCUT2D eigenvalue weighted by Gasteiger charge is -2.27. The van der Waals surface area contributed by atoms with Gasteiger partial charge in [0.25, 0.3) is 0 Å². The minimum absolute atomic E-state index is 0.0310. The molecular formula is C20H25N3O4. The van der Waals surface area contributed by atoms with Crippen LogP contribution in [0, 0.1) is 0 Å². The number of carbonyl (C=O) groups excluding carboxylic acids is 2. The van der Waals surface area contributed by atoms with Crippen LogP contribution in [0.3, 0.4) is 0 Å². The zero-order valence-electron chi connectivity index (χ0n) is 16.0. The zero-order chi connectivity index (χ0) is 19.4. The molecule has 0 unspecified atom stereocenters. The van der Waals surface area contributed by atoms with Gasteiger partial charge in [-0.25, -0.2) is 4.79 Å². The molecule has 0 spiro atoms. The van der Waals surface area contributed by atoms with E-state index in [0.717, 1.165) is 22.6 Å². The number of amides is 1. The van der Waals surface area contributed by atoms with E-state index in [4.69, 9.17) is 9.47 Å². The number of ether oxygens (including phenoxy) is 2. The molecule has 1 amide bonds. The maximum atomic E-state index is 12.8. The summed E-state index contributed by atoms with van der Waals surface area (Å²) in [6, 6.07) is 7.57. The Hall–Kier alpha value is -2.83. The molecular weight excluding hydrogens is 346 g/mol. The number of hydrogen-bond acceptors (Lipinski definition) is 5.